The van der Waals surface area contributed by atoms with Crippen LogP contribution in [-0.2, 0) is 0 Å². The molecule has 0 saturated carbocycles. The van der Waals surface area contributed by atoms with Crippen LogP contribution in [-0.4, -0.2) is 13.7 Å². The number of hydrogen-bond acceptors (Lipinski definition) is 2. The highest BCUT2D eigenvalue weighted by Crippen LogP contribution is 2.29. The monoisotopic (exact) mass is 247 g/mol. The predicted molar refractivity (Wildman–Crippen MR) is 53.6 cm³/mol. The van der Waals surface area contributed by atoms with E-state index in [2.05, 4.69) is 15.9 Å². The van der Waals surface area contributed by atoms with Crippen molar-refractivity contribution in [2.45, 2.75) is 6.17 Å². The van der Waals surface area contributed by atoms with E-state index in [1.54, 1.807) is 18.2 Å². The molecule has 2 N–H and O–H groups in total. The zero-order valence-electron chi connectivity index (χ0n) is 7.26. The molecule has 72 valence electrons. The molecular formula is C9H11BrFNO. The minimum Gasteiger partial charge on any atom is -0.496 e. The van der Waals surface area contributed by atoms with Gasteiger partial charge in [0.05, 0.1) is 7.11 Å². The SMILES string of the molecule is COc1cc(Br)ccc1C(F)CN. The lowest BCUT2D eigenvalue weighted by atomic mass is 10.1. The first-order chi connectivity index (χ1) is 6.19. The fourth-order valence-corrected chi connectivity index (χ4v) is 1.41. The Kier molecular flexibility index (Phi) is 3.69. The van der Waals surface area contributed by atoms with Crippen molar-refractivity contribution < 1.29 is 9.13 Å². The Morgan fingerprint density at radius 3 is 2.85 bits per heavy atom. The number of alkyl halides is 1. The predicted octanol–water partition coefficient (Wildman–Crippen LogP) is 2.43. The van der Waals surface area contributed by atoms with Gasteiger partial charge in [-0.1, -0.05) is 22.0 Å². The summed E-state index contributed by atoms with van der Waals surface area (Å²) in [5.41, 5.74) is 5.72. The molecule has 4 heteroatoms. The third-order valence-corrected chi connectivity index (χ3v) is 2.23. The van der Waals surface area contributed by atoms with E-state index in [0.717, 1.165) is 4.47 Å². The van der Waals surface area contributed by atoms with Gasteiger partial charge in [0, 0.05) is 16.6 Å². The van der Waals surface area contributed by atoms with Crippen molar-refractivity contribution in [3.8, 4) is 5.75 Å². The van der Waals surface area contributed by atoms with E-state index in [-0.39, 0.29) is 6.54 Å². The third-order valence-electron chi connectivity index (χ3n) is 1.74. The molecule has 1 rings (SSSR count). The smallest absolute Gasteiger partial charge is 0.141 e. The minimum atomic E-state index is -1.16. The number of benzene rings is 1. The molecule has 2 nitrogen and oxygen atoms in total. The maximum atomic E-state index is 13.2. The number of methoxy groups -OCH3 is 1. The fraction of sp³-hybridized carbons (Fsp3) is 0.333. The number of rotatable bonds is 3. The van der Waals surface area contributed by atoms with Crippen molar-refractivity contribution in [3.63, 3.8) is 0 Å². The largest absolute Gasteiger partial charge is 0.496 e. The van der Waals surface area contributed by atoms with E-state index in [9.17, 15) is 4.39 Å². The summed E-state index contributed by atoms with van der Waals surface area (Å²) in [5.74, 6) is 0.521. The summed E-state index contributed by atoms with van der Waals surface area (Å²) in [5, 5.41) is 0. The highest BCUT2D eigenvalue weighted by atomic mass is 79.9. The number of ether oxygens (including phenoxy) is 1. The second-order valence-corrected chi connectivity index (χ2v) is 3.51. The van der Waals surface area contributed by atoms with Crippen molar-refractivity contribution in [1.29, 1.82) is 0 Å². The Hall–Kier alpha value is -0.610. The maximum Gasteiger partial charge on any atom is 0.141 e. The Morgan fingerprint density at radius 1 is 1.62 bits per heavy atom. The lowest BCUT2D eigenvalue weighted by Gasteiger charge is -2.11. The van der Waals surface area contributed by atoms with Gasteiger partial charge in [-0.15, -0.1) is 0 Å². The Labute approximate surface area is 85.0 Å². The van der Waals surface area contributed by atoms with E-state index in [1.807, 2.05) is 0 Å². The summed E-state index contributed by atoms with van der Waals surface area (Å²) in [6.07, 6.45) is -1.16. The van der Waals surface area contributed by atoms with Crippen LogP contribution in [0.1, 0.15) is 11.7 Å². The van der Waals surface area contributed by atoms with Crippen LogP contribution in [0.15, 0.2) is 22.7 Å². The minimum absolute atomic E-state index is 0.0298. The van der Waals surface area contributed by atoms with Gasteiger partial charge in [0.2, 0.25) is 0 Å². The van der Waals surface area contributed by atoms with Gasteiger partial charge < -0.3 is 10.5 Å². The van der Waals surface area contributed by atoms with Gasteiger partial charge in [0.25, 0.3) is 0 Å². The second-order valence-electron chi connectivity index (χ2n) is 2.59. The first-order valence-corrected chi connectivity index (χ1v) is 4.66. The third kappa shape index (κ3) is 2.42. The molecule has 0 saturated heterocycles. The zero-order chi connectivity index (χ0) is 9.84. The quantitative estimate of drug-likeness (QED) is 0.891. The summed E-state index contributed by atoms with van der Waals surface area (Å²) in [6.45, 7) is -0.0298. The molecule has 1 aromatic carbocycles. The van der Waals surface area contributed by atoms with Gasteiger partial charge in [-0.3, -0.25) is 0 Å². The maximum absolute atomic E-state index is 13.2. The fourth-order valence-electron chi connectivity index (χ4n) is 1.07. The Morgan fingerprint density at radius 2 is 2.31 bits per heavy atom. The average Bonchev–Trinajstić information content (AvgIpc) is 2.16. The number of hydrogen-bond donors (Lipinski definition) is 1. The van der Waals surface area contributed by atoms with Gasteiger partial charge in [0.1, 0.15) is 11.9 Å². The molecule has 0 aliphatic heterocycles. The first-order valence-electron chi connectivity index (χ1n) is 3.86. The summed E-state index contributed by atoms with van der Waals surface area (Å²) < 4.78 is 19.1. The molecule has 0 radical (unpaired) electrons. The van der Waals surface area contributed by atoms with Crippen LogP contribution in [0.3, 0.4) is 0 Å². The number of halogens is 2. The topological polar surface area (TPSA) is 35.2 Å². The van der Waals surface area contributed by atoms with Crippen LogP contribution < -0.4 is 10.5 Å². The van der Waals surface area contributed by atoms with Crippen molar-refractivity contribution >= 4 is 15.9 Å². The molecule has 0 spiro atoms. The molecule has 1 aromatic rings. The van der Waals surface area contributed by atoms with Crippen LogP contribution in [0, 0.1) is 0 Å². The van der Waals surface area contributed by atoms with Crippen molar-refractivity contribution in [1.82, 2.24) is 0 Å². The van der Waals surface area contributed by atoms with E-state index in [1.165, 1.54) is 7.11 Å². The summed E-state index contributed by atoms with van der Waals surface area (Å²) >= 11 is 3.27. The molecule has 0 heterocycles. The second kappa shape index (κ2) is 4.58. The lowest BCUT2D eigenvalue weighted by Crippen LogP contribution is -2.08. The Balaban J connectivity index is 3.05. The number of nitrogens with two attached hydrogens (primary N) is 1. The van der Waals surface area contributed by atoms with Gasteiger partial charge in [-0.25, -0.2) is 4.39 Å². The van der Waals surface area contributed by atoms with Crippen LogP contribution in [0.2, 0.25) is 0 Å². The van der Waals surface area contributed by atoms with E-state index < -0.39 is 6.17 Å². The summed E-state index contributed by atoms with van der Waals surface area (Å²) in [7, 11) is 1.51. The molecule has 0 bridgehead atoms. The Bertz CT molecular complexity index is 293. The van der Waals surface area contributed by atoms with E-state index in [4.69, 9.17) is 10.5 Å². The van der Waals surface area contributed by atoms with Crippen LogP contribution >= 0.6 is 15.9 Å². The average molecular weight is 248 g/mol. The normalized spacial score (nSPS) is 12.6. The van der Waals surface area contributed by atoms with Crippen molar-refractivity contribution in [3.05, 3.63) is 28.2 Å². The van der Waals surface area contributed by atoms with Crippen molar-refractivity contribution in [2.24, 2.45) is 5.73 Å². The zero-order valence-corrected chi connectivity index (χ0v) is 8.84. The van der Waals surface area contributed by atoms with E-state index >= 15 is 0 Å². The standard InChI is InChI=1S/C9H11BrFNO/c1-13-9-4-6(10)2-3-7(9)8(11)5-12/h2-4,8H,5,12H2,1H3. The molecule has 1 unspecified atom stereocenters. The molecule has 0 fully saturated rings. The molecular weight excluding hydrogens is 237 g/mol. The molecule has 0 aliphatic carbocycles. The van der Waals surface area contributed by atoms with Crippen molar-refractivity contribution in [2.75, 3.05) is 13.7 Å². The summed E-state index contributed by atoms with van der Waals surface area (Å²) in [6, 6.07) is 5.15. The highest BCUT2D eigenvalue weighted by molar-refractivity contribution is 9.10. The first kappa shape index (κ1) is 10.5. The van der Waals surface area contributed by atoms with Gasteiger partial charge in [-0.05, 0) is 12.1 Å². The van der Waals surface area contributed by atoms with Crippen LogP contribution in [0.5, 0.6) is 5.75 Å². The van der Waals surface area contributed by atoms with E-state index in [0.29, 0.717) is 11.3 Å². The lowest BCUT2D eigenvalue weighted by molar-refractivity contribution is 0.331. The van der Waals surface area contributed by atoms with Crippen LogP contribution in [0.25, 0.3) is 0 Å². The van der Waals surface area contributed by atoms with Gasteiger partial charge in [0.15, 0.2) is 0 Å². The molecule has 1 atom stereocenters. The summed E-state index contributed by atoms with van der Waals surface area (Å²) in [4.78, 5) is 0. The molecule has 0 aromatic heterocycles. The van der Waals surface area contributed by atoms with Crippen LogP contribution in [0.4, 0.5) is 4.39 Å². The van der Waals surface area contributed by atoms with Gasteiger partial charge in [-0.2, -0.15) is 0 Å². The molecule has 0 amide bonds. The molecule has 13 heavy (non-hydrogen) atoms. The molecule has 0 aliphatic rings. The highest BCUT2D eigenvalue weighted by Gasteiger charge is 2.13. The van der Waals surface area contributed by atoms with Gasteiger partial charge >= 0.3 is 0 Å².